The van der Waals surface area contributed by atoms with Crippen LogP contribution in [0.2, 0.25) is 0 Å². The van der Waals surface area contributed by atoms with E-state index in [2.05, 4.69) is 27.7 Å². The number of hydrogen-bond acceptors (Lipinski definition) is 4. The van der Waals surface area contributed by atoms with Gasteiger partial charge in [0.15, 0.2) is 0 Å². The maximum absolute atomic E-state index is 12.3. The molecule has 2 N–H and O–H groups in total. The van der Waals surface area contributed by atoms with Crippen molar-refractivity contribution >= 4 is 11.7 Å². The van der Waals surface area contributed by atoms with Gasteiger partial charge in [-0.05, 0) is 29.8 Å². The lowest BCUT2D eigenvalue weighted by molar-refractivity contribution is 0.0168. The smallest absolute Gasteiger partial charge is 0.319 e. The van der Waals surface area contributed by atoms with Crippen LogP contribution in [0.5, 0.6) is 5.75 Å². The molecule has 2 amide bonds. The molecule has 0 aromatic heterocycles. The summed E-state index contributed by atoms with van der Waals surface area (Å²) in [6.45, 7) is 3.71. The molecule has 2 aromatic carbocycles. The molecule has 0 spiro atoms. The van der Waals surface area contributed by atoms with Crippen LogP contribution in [0.3, 0.4) is 0 Å². The lowest BCUT2D eigenvalue weighted by atomic mass is 10.0. The van der Waals surface area contributed by atoms with E-state index in [9.17, 15) is 4.79 Å². The number of urea groups is 1. The first-order valence-electron chi connectivity index (χ1n) is 8.82. The molecule has 2 aromatic rings. The first-order chi connectivity index (χ1) is 12.8. The summed E-state index contributed by atoms with van der Waals surface area (Å²) in [6, 6.07) is 17.4. The summed E-state index contributed by atoms with van der Waals surface area (Å²) in [6.07, 6.45) is 0. The fourth-order valence-corrected chi connectivity index (χ4v) is 3.06. The number of amides is 2. The number of carbonyl (C=O) groups excluding carboxylic acids is 1. The predicted molar refractivity (Wildman–Crippen MR) is 102 cm³/mol. The van der Waals surface area contributed by atoms with E-state index in [4.69, 9.17) is 9.47 Å². The van der Waals surface area contributed by atoms with Crippen molar-refractivity contribution in [2.45, 2.75) is 6.04 Å². The molecule has 1 atom stereocenters. The Labute approximate surface area is 154 Å². The summed E-state index contributed by atoms with van der Waals surface area (Å²) in [4.78, 5) is 14.6. The van der Waals surface area contributed by atoms with Crippen molar-refractivity contribution in [3.63, 3.8) is 0 Å². The van der Waals surface area contributed by atoms with E-state index in [0.29, 0.717) is 6.54 Å². The molecule has 26 heavy (non-hydrogen) atoms. The number of methoxy groups -OCH3 is 1. The van der Waals surface area contributed by atoms with E-state index in [1.165, 1.54) is 5.56 Å². The van der Waals surface area contributed by atoms with Gasteiger partial charge in [0.25, 0.3) is 0 Å². The van der Waals surface area contributed by atoms with Gasteiger partial charge in [0, 0.05) is 25.3 Å². The van der Waals surface area contributed by atoms with E-state index < -0.39 is 0 Å². The average Bonchev–Trinajstić information content (AvgIpc) is 2.70. The molecular weight excluding hydrogens is 330 g/mol. The van der Waals surface area contributed by atoms with Crippen LogP contribution in [0, 0.1) is 0 Å². The van der Waals surface area contributed by atoms with Crippen molar-refractivity contribution in [2.75, 3.05) is 45.3 Å². The zero-order valence-corrected chi connectivity index (χ0v) is 15.0. The van der Waals surface area contributed by atoms with Gasteiger partial charge in [0.1, 0.15) is 5.75 Å². The number of rotatable bonds is 6. The highest BCUT2D eigenvalue weighted by molar-refractivity contribution is 5.89. The minimum atomic E-state index is -0.218. The van der Waals surface area contributed by atoms with Gasteiger partial charge in [-0.3, -0.25) is 4.90 Å². The molecule has 1 saturated heterocycles. The lowest BCUT2D eigenvalue weighted by Crippen LogP contribution is -2.44. The Balaban J connectivity index is 1.60. The fourth-order valence-electron chi connectivity index (χ4n) is 3.06. The van der Waals surface area contributed by atoms with Crippen molar-refractivity contribution in [1.82, 2.24) is 10.2 Å². The molecule has 6 heteroatoms. The van der Waals surface area contributed by atoms with Crippen molar-refractivity contribution in [3.05, 3.63) is 60.2 Å². The minimum Gasteiger partial charge on any atom is -0.497 e. The van der Waals surface area contributed by atoms with Gasteiger partial charge in [0.05, 0.1) is 26.4 Å². The minimum absolute atomic E-state index is 0.127. The van der Waals surface area contributed by atoms with Crippen LogP contribution >= 0.6 is 0 Å². The second kappa shape index (κ2) is 9.22. The van der Waals surface area contributed by atoms with Crippen LogP contribution in [0.15, 0.2) is 54.6 Å². The summed E-state index contributed by atoms with van der Waals surface area (Å²) in [5, 5.41) is 5.85. The molecule has 1 heterocycles. The van der Waals surface area contributed by atoms with Crippen LogP contribution in [-0.2, 0) is 4.74 Å². The maximum Gasteiger partial charge on any atom is 0.319 e. The van der Waals surface area contributed by atoms with Crippen LogP contribution < -0.4 is 15.4 Å². The SMILES string of the molecule is COc1ccc(NC(=O)NCC(c2ccccc2)N2CCOCC2)cc1. The van der Waals surface area contributed by atoms with E-state index in [-0.39, 0.29) is 12.1 Å². The Morgan fingerprint density at radius 1 is 1.12 bits per heavy atom. The van der Waals surface area contributed by atoms with Gasteiger partial charge in [-0.25, -0.2) is 4.79 Å². The first kappa shape index (κ1) is 18.2. The van der Waals surface area contributed by atoms with Gasteiger partial charge in [0.2, 0.25) is 0 Å². The summed E-state index contributed by atoms with van der Waals surface area (Å²) < 4.78 is 10.6. The van der Waals surface area contributed by atoms with Crippen molar-refractivity contribution in [3.8, 4) is 5.75 Å². The Morgan fingerprint density at radius 2 is 1.81 bits per heavy atom. The average molecular weight is 355 g/mol. The summed E-state index contributed by atoms with van der Waals surface area (Å²) >= 11 is 0. The van der Waals surface area contributed by atoms with Crippen LogP contribution in [0.1, 0.15) is 11.6 Å². The number of anilines is 1. The van der Waals surface area contributed by atoms with Crippen LogP contribution in [0.4, 0.5) is 10.5 Å². The van der Waals surface area contributed by atoms with Gasteiger partial charge < -0.3 is 20.1 Å². The van der Waals surface area contributed by atoms with Gasteiger partial charge in [-0.2, -0.15) is 0 Å². The number of hydrogen-bond donors (Lipinski definition) is 2. The highest BCUT2D eigenvalue weighted by Gasteiger charge is 2.23. The molecule has 6 nitrogen and oxygen atoms in total. The number of benzene rings is 2. The monoisotopic (exact) mass is 355 g/mol. The maximum atomic E-state index is 12.3. The lowest BCUT2D eigenvalue weighted by Gasteiger charge is -2.34. The number of morpholine rings is 1. The van der Waals surface area contributed by atoms with Crippen molar-refractivity contribution in [1.29, 1.82) is 0 Å². The second-order valence-electron chi connectivity index (χ2n) is 6.14. The molecule has 1 fully saturated rings. The number of carbonyl (C=O) groups is 1. The van der Waals surface area contributed by atoms with Crippen LogP contribution in [-0.4, -0.2) is 50.9 Å². The third-order valence-corrected chi connectivity index (χ3v) is 4.47. The van der Waals surface area contributed by atoms with Gasteiger partial charge in [-0.15, -0.1) is 0 Å². The largest absolute Gasteiger partial charge is 0.497 e. The van der Waals surface area contributed by atoms with E-state index in [1.54, 1.807) is 7.11 Å². The molecule has 0 bridgehead atoms. The van der Waals surface area contributed by atoms with Gasteiger partial charge >= 0.3 is 6.03 Å². The summed E-state index contributed by atoms with van der Waals surface area (Å²) in [5.41, 5.74) is 1.92. The molecular formula is C20H25N3O3. The second-order valence-corrected chi connectivity index (χ2v) is 6.14. The number of ether oxygens (including phenoxy) is 2. The molecule has 0 radical (unpaired) electrons. The van der Waals surface area contributed by atoms with Gasteiger partial charge in [-0.1, -0.05) is 30.3 Å². The Bertz CT molecular complexity index is 685. The molecule has 1 aliphatic heterocycles. The third kappa shape index (κ3) is 4.97. The standard InChI is InChI=1S/C20H25N3O3/c1-25-18-9-7-17(8-10-18)22-20(24)21-15-19(16-5-3-2-4-6-16)23-11-13-26-14-12-23/h2-10,19H,11-15H2,1H3,(H2,21,22,24). The third-order valence-electron chi connectivity index (χ3n) is 4.47. The molecule has 0 aliphatic carbocycles. The highest BCUT2D eigenvalue weighted by Crippen LogP contribution is 2.21. The first-order valence-corrected chi connectivity index (χ1v) is 8.82. The number of nitrogens with one attached hydrogen (secondary N) is 2. The zero-order chi connectivity index (χ0) is 18.2. The summed E-state index contributed by atoms with van der Waals surface area (Å²) in [5.74, 6) is 0.757. The predicted octanol–water partition coefficient (Wildman–Crippen LogP) is 2.89. The van der Waals surface area contributed by atoms with E-state index >= 15 is 0 Å². The van der Waals surface area contributed by atoms with Crippen molar-refractivity contribution in [2.24, 2.45) is 0 Å². The molecule has 0 saturated carbocycles. The molecule has 1 aliphatic rings. The normalized spacial score (nSPS) is 15.9. The van der Waals surface area contributed by atoms with Crippen molar-refractivity contribution < 1.29 is 14.3 Å². The summed E-state index contributed by atoms with van der Waals surface area (Å²) in [7, 11) is 1.62. The van der Waals surface area contributed by atoms with Crippen LogP contribution in [0.25, 0.3) is 0 Å². The molecule has 138 valence electrons. The Hall–Kier alpha value is -2.57. The van der Waals surface area contributed by atoms with E-state index in [0.717, 1.165) is 37.7 Å². The zero-order valence-electron chi connectivity index (χ0n) is 15.0. The Morgan fingerprint density at radius 3 is 2.46 bits per heavy atom. The topological polar surface area (TPSA) is 62.8 Å². The number of nitrogens with zero attached hydrogens (tertiary/aromatic N) is 1. The Kier molecular flexibility index (Phi) is 6.46. The highest BCUT2D eigenvalue weighted by atomic mass is 16.5. The molecule has 1 unspecified atom stereocenters. The molecule has 3 rings (SSSR count). The fraction of sp³-hybridized carbons (Fsp3) is 0.350. The quantitative estimate of drug-likeness (QED) is 0.836. The van der Waals surface area contributed by atoms with E-state index in [1.807, 2.05) is 42.5 Å².